The van der Waals surface area contributed by atoms with Gasteiger partial charge in [-0.05, 0) is 69.6 Å². The van der Waals surface area contributed by atoms with Crippen LogP contribution < -0.4 is 10.4 Å². The fourth-order valence-corrected chi connectivity index (χ4v) is 5.88. The molecule has 0 unspecified atom stereocenters. The number of para-hydroxylation sites is 1. The van der Waals surface area contributed by atoms with Crippen LogP contribution in [0.1, 0.15) is 27.7 Å². The van der Waals surface area contributed by atoms with Gasteiger partial charge in [0.15, 0.2) is 0 Å². The molecular formula is C30H28BNO2S. The lowest BCUT2D eigenvalue weighted by molar-refractivity contribution is 0.00578. The van der Waals surface area contributed by atoms with Gasteiger partial charge in [-0.25, -0.2) is 0 Å². The Morgan fingerprint density at radius 1 is 0.629 bits per heavy atom. The Bertz CT molecular complexity index is 1490. The maximum Gasteiger partial charge on any atom is 0.494 e. The number of thiophene rings is 1. The second-order valence-corrected chi connectivity index (χ2v) is 11.2. The van der Waals surface area contributed by atoms with Crippen LogP contribution in [-0.4, -0.2) is 18.3 Å². The standard InChI is InChI=1S/C30H28BNO2S/c1-29(2)30(3,4)34-31(33-29)21-17-19-23(20-18-21)32(22-11-6-5-7-12-22)26-15-10-14-25-24-13-8-9-16-27(24)35-28(25)26/h5-20H,1-4H3. The summed E-state index contributed by atoms with van der Waals surface area (Å²) >= 11 is 1.85. The Hall–Kier alpha value is -3.12. The first kappa shape index (κ1) is 22.4. The van der Waals surface area contributed by atoms with E-state index in [0.717, 1.165) is 16.8 Å². The summed E-state index contributed by atoms with van der Waals surface area (Å²) in [5, 5.41) is 2.59. The van der Waals surface area contributed by atoms with Crippen LogP contribution in [0, 0.1) is 0 Å². The molecule has 5 heteroatoms. The first-order valence-corrected chi connectivity index (χ1v) is 12.9. The minimum atomic E-state index is -0.370. The van der Waals surface area contributed by atoms with E-state index in [1.54, 1.807) is 0 Å². The molecule has 0 saturated carbocycles. The number of hydrogen-bond acceptors (Lipinski definition) is 4. The van der Waals surface area contributed by atoms with Gasteiger partial charge in [0.05, 0.1) is 21.6 Å². The topological polar surface area (TPSA) is 21.7 Å². The molecule has 1 aliphatic heterocycles. The zero-order valence-corrected chi connectivity index (χ0v) is 21.3. The minimum Gasteiger partial charge on any atom is -0.399 e. The molecule has 0 N–H and O–H groups in total. The lowest BCUT2D eigenvalue weighted by atomic mass is 9.79. The molecule has 3 nitrogen and oxygen atoms in total. The van der Waals surface area contributed by atoms with Crippen LogP contribution in [-0.2, 0) is 9.31 Å². The van der Waals surface area contributed by atoms with Crippen LogP contribution in [0.2, 0.25) is 0 Å². The van der Waals surface area contributed by atoms with Gasteiger partial charge in [-0.1, -0.05) is 60.7 Å². The van der Waals surface area contributed by atoms with Crippen LogP contribution in [0.25, 0.3) is 20.2 Å². The third-order valence-corrected chi connectivity index (χ3v) is 8.52. The molecule has 35 heavy (non-hydrogen) atoms. The van der Waals surface area contributed by atoms with Crippen molar-refractivity contribution in [2.24, 2.45) is 0 Å². The first-order valence-electron chi connectivity index (χ1n) is 12.1. The number of fused-ring (bicyclic) bond motifs is 3. The van der Waals surface area contributed by atoms with Crippen LogP contribution in [0.4, 0.5) is 17.1 Å². The van der Waals surface area contributed by atoms with Crippen LogP contribution in [0.15, 0.2) is 97.1 Å². The number of benzene rings is 4. The van der Waals surface area contributed by atoms with Gasteiger partial charge in [0.2, 0.25) is 0 Å². The van der Waals surface area contributed by atoms with Gasteiger partial charge in [0, 0.05) is 26.8 Å². The summed E-state index contributed by atoms with van der Waals surface area (Å²) in [7, 11) is -0.370. The van der Waals surface area contributed by atoms with Crippen LogP contribution >= 0.6 is 11.3 Å². The van der Waals surface area contributed by atoms with Crippen molar-refractivity contribution in [3.05, 3.63) is 97.1 Å². The number of anilines is 3. The molecule has 5 aromatic rings. The second kappa shape index (κ2) is 8.23. The summed E-state index contributed by atoms with van der Waals surface area (Å²) in [4.78, 5) is 2.34. The van der Waals surface area contributed by atoms with Crippen molar-refractivity contribution >= 4 is 61.2 Å². The average Bonchev–Trinajstić information content (AvgIpc) is 3.34. The van der Waals surface area contributed by atoms with Gasteiger partial charge in [0.25, 0.3) is 0 Å². The zero-order valence-electron chi connectivity index (χ0n) is 20.5. The van der Waals surface area contributed by atoms with Gasteiger partial charge in [-0.3, -0.25) is 0 Å². The average molecular weight is 477 g/mol. The summed E-state index contributed by atoms with van der Waals surface area (Å²) in [6.07, 6.45) is 0. The molecule has 4 aromatic carbocycles. The van der Waals surface area contributed by atoms with Crippen molar-refractivity contribution in [3.8, 4) is 0 Å². The largest absolute Gasteiger partial charge is 0.494 e. The molecule has 0 amide bonds. The normalized spacial score (nSPS) is 16.7. The van der Waals surface area contributed by atoms with E-state index in [1.165, 1.54) is 25.9 Å². The van der Waals surface area contributed by atoms with Crippen molar-refractivity contribution in [2.75, 3.05) is 4.90 Å². The second-order valence-electron chi connectivity index (χ2n) is 10.1. The predicted molar refractivity (Wildman–Crippen MR) is 150 cm³/mol. The molecule has 1 fully saturated rings. The Balaban J connectivity index is 1.45. The summed E-state index contributed by atoms with van der Waals surface area (Å²) in [5.74, 6) is 0. The van der Waals surface area contributed by atoms with E-state index in [0.29, 0.717) is 0 Å². The fraction of sp³-hybridized carbons (Fsp3) is 0.200. The van der Waals surface area contributed by atoms with E-state index in [9.17, 15) is 0 Å². The van der Waals surface area contributed by atoms with Crippen LogP contribution in [0.3, 0.4) is 0 Å². The predicted octanol–water partition coefficient (Wildman–Crippen LogP) is 7.82. The Kier molecular flexibility index (Phi) is 5.26. The zero-order chi connectivity index (χ0) is 24.2. The molecular weight excluding hydrogens is 449 g/mol. The molecule has 2 heterocycles. The highest BCUT2D eigenvalue weighted by Crippen LogP contribution is 2.44. The van der Waals surface area contributed by atoms with Gasteiger partial charge < -0.3 is 14.2 Å². The van der Waals surface area contributed by atoms with Gasteiger partial charge in [-0.15, -0.1) is 11.3 Å². The summed E-state index contributed by atoms with van der Waals surface area (Å²) in [6, 6.07) is 34.4. The maximum atomic E-state index is 6.28. The van der Waals surface area contributed by atoms with E-state index >= 15 is 0 Å². The fourth-order valence-electron chi connectivity index (χ4n) is 4.67. The smallest absolute Gasteiger partial charge is 0.399 e. The van der Waals surface area contributed by atoms with Gasteiger partial charge >= 0.3 is 7.12 Å². The van der Waals surface area contributed by atoms with Crippen molar-refractivity contribution in [1.82, 2.24) is 0 Å². The lowest BCUT2D eigenvalue weighted by Crippen LogP contribution is -2.41. The molecule has 6 rings (SSSR count). The Morgan fingerprint density at radius 3 is 1.94 bits per heavy atom. The van der Waals surface area contributed by atoms with E-state index in [1.807, 2.05) is 11.3 Å². The quantitative estimate of drug-likeness (QED) is 0.246. The summed E-state index contributed by atoms with van der Waals surface area (Å²) < 4.78 is 15.1. The van der Waals surface area contributed by atoms with Gasteiger partial charge in [-0.2, -0.15) is 0 Å². The summed E-state index contributed by atoms with van der Waals surface area (Å²) in [6.45, 7) is 8.35. The molecule has 0 radical (unpaired) electrons. The van der Waals surface area contributed by atoms with E-state index in [2.05, 4.69) is 130 Å². The molecule has 1 saturated heterocycles. The minimum absolute atomic E-state index is 0.358. The maximum absolute atomic E-state index is 6.28. The van der Waals surface area contributed by atoms with E-state index in [-0.39, 0.29) is 18.3 Å². The van der Waals surface area contributed by atoms with Crippen molar-refractivity contribution < 1.29 is 9.31 Å². The highest BCUT2D eigenvalue weighted by molar-refractivity contribution is 7.26. The summed E-state index contributed by atoms with van der Waals surface area (Å²) in [5.41, 5.74) is 3.72. The van der Waals surface area contributed by atoms with Gasteiger partial charge in [0.1, 0.15) is 0 Å². The van der Waals surface area contributed by atoms with E-state index < -0.39 is 0 Å². The number of nitrogens with zero attached hydrogens (tertiary/aromatic N) is 1. The SMILES string of the molecule is CC1(C)OB(c2ccc(N(c3ccccc3)c3cccc4c3sc3ccccc34)cc2)OC1(C)C. The highest BCUT2D eigenvalue weighted by atomic mass is 32.1. The molecule has 0 atom stereocenters. The molecule has 0 spiro atoms. The number of hydrogen-bond donors (Lipinski definition) is 0. The monoisotopic (exact) mass is 477 g/mol. The molecule has 174 valence electrons. The van der Waals surface area contributed by atoms with Crippen molar-refractivity contribution in [2.45, 2.75) is 38.9 Å². The third-order valence-electron chi connectivity index (χ3n) is 7.32. The lowest BCUT2D eigenvalue weighted by Gasteiger charge is -2.32. The third kappa shape index (κ3) is 3.75. The molecule has 0 aliphatic carbocycles. The van der Waals surface area contributed by atoms with Crippen LogP contribution in [0.5, 0.6) is 0 Å². The first-order chi connectivity index (χ1) is 16.8. The Morgan fingerprint density at radius 2 is 1.23 bits per heavy atom. The van der Waals surface area contributed by atoms with E-state index in [4.69, 9.17) is 9.31 Å². The van der Waals surface area contributed by atoms with Crippen molar-refractivity contribution in [1.29, 1.82) is 0 Å². The molecule has 1 aromatic heterocycles. The van der Waals surface area contributed by atoms with Crippen molar-refractivity contribution in [3.63, 3.8) is 0 Å². The Labute approximate surface area is 211 Å². The molecule has 1 aliphatic rings. The molecule has 0 bridgehead atoms. The highest BCUT2D eigenvalue weighted by Gasteiger charge is 2.51. The number of rotatable bonds is 4.